The smallest absolute Gasteiger partial charge is 0.193 e. The van der Waals surface area contributed by atoms with Gasteiger partial charge in [-0.05, 0) is 31.2 Å². The van der Waals surface area contributed by atoms with Gasteiger partial charge in [-0.2, -0.15) is 0 Å². The standard InChI is InChI=1S/C20H26FN3O3S/c1-3-22-20(24(2)14-15-27-17-9-5-4-6-10-17)23-13-16-28(25,26)19-12-8-7-11-18(19)21/h4-12H,3,13-16H2,1-2H3,(H,22,23). The van der Waals surface area contributed by atoms with Crippen LogP contribution in [0.2, 0.25) is 0 Å². The first-order chi connectivity index (χ1) is 13.4. The van der Waals surface area contributed by atoms with E-state index in [9.17, 15) is 12.8 Å². The Labute approximate surface area is 166 Å². The number of guanidine groups is 1. The summed E-state index contributed by atoms with van der Waals surface area (Å²) in [4.78, 5) is 5.93. The fourth-order valence-corrected chi connectivity index (χ4v) is 3.67. The van der Waals surface area contributed by atoms with Crippen molar-refractivity contribution in [3.63, 3.8) is 0 Å². The van der Waals surface area contributed by atoms with E-state index in [0.717, 1.165) is 11.8 Å². The molecule has 0 saturated carbocycles. The first-order valence-electron chi connectivity index (χ1n) is 9.08. The molecule has 0 aliphatic rings. The molecule has 0 aromatic heterocycles. The Bertz CT molecular complexity index is 873. The maximum atomic E-state index is 13.7. The van der Waals surface area contributed by atoms with Crippen molar-refractivity contribution in [1.29, 1.82) is 0 Å². The van der Waals surface area contributed by atoms with Crippen molar-refractivity contribution in [3.8, 4) is 5.75 Å². The molecule has 2 rings (SSSR count). The topological polar surface area (TPSA) is 71.0 Å². The normalized spacial score (nSPS) is 11.9. The molecule has 0 fully saturated rings. The molecule has 28 heavy (non-hydrogen) atoms. The van der Waals surface area contributed by atoms with Gasteiger partial charge in [-0.3, -0.25) is 4.99 Å². The highest BCUT2D eigenvalue weighted by atomic mass is 32.2. The molecule has 0 aliphatic carbocycles. The summed E-state index contributed by atoms with van der Waals surface area (Å²) in [5, 5.41) is 3.12. The SMILES string of the molecule is CCNC(=NCCS(=O)(=O)c1ccccc1F)N(C)CCOc1ccccc1. The van der Waals surface area contributed by atoms with Gasteiger partial charge in [0.15, 0.2) is 15.8 Å². The van der Waals surface area contributed by atoms with Gasteiger partial charge in [-0.15, -0.1) is 0 Å². The molecule has 152 valence electrons. The second-order valence-corrected chi connectivity index (χ2v) is 8.15. The van der Waals surface area contributed by atoms with Crippen molar-refractivity contribution in [2.45, 2.75) is 11.8 Å². The number of sulfone groups is 1. The average molecular weight is 408 g/mol. The molecule has 1 N–H and O–H groups in total. The quantitative estimate of drug-likeness (QED) is 0.511. The van der Waals surface area contributed by atoms with Gasteiger partial charge in [-0.1, -0.05) is 30.3 Å². The second kappa shape index (κ2) is 10.7. The van der Waals surface area contributed by atoms with Crippen molar-refractivity contribution in [1.82, 2.24) is 10.2 Å². The van der Waals surface area contributed by atoms with Crippen molar-refractivity contribution in [3.05, 3.63) is 60.4 Å². The number of halogens is 1. The van der Waals surface area contributed by atoms with Crippen molar-refractivity contribution in [2.75, 3.05) is 39.0 Å². The predicted octanol–water partition coefficient (Wildman–Crippen LogP) is 2.58. The number of likely N-dealkylation sites (N-methyl/N-ethyl adjacent to an activating group) is 1. The van der Waals surface area contributed by atoms with Crippen LogP contribution in [0.1, 0.15) is 6.92 Å². The molecule has 0 heterocycles. The van der Waals surface area contributed by atoms with Crippen molar-refractivity contribution in [2.24, 2.45) is 4.99 Å². The lowest BCUT2D eigenvalue weighted by molar-refractivity contribution is 0.281. The number of hydrogen-bond acceptors (Lipinski definition) is 4. The van der Waals surface area contributed by atoms with E-state index < -0.39 is 15.7 Å². The Morgan fingerprint density at radius 3 is 2.50 bits per heavy atom. The zero-order valence-electron chi connectivity index (χ0n) is 16.1. The van der Waals surface area contributed by atoms with E-state index in [1.165, 1.54) is 18.2 Å². The lowest BCUT2D eigenvalue weighted by Crippen LogP contribution is -2.41. The summed E-state index contributed by atoms with van der Waals surface area (Å²) in [7, 11) is -1.88. The van der Waals surface area contributed by atoms with E-state index >= 15 is 0 Å². The summed E-state index contributed by atoms with van der Waals surface area (Å²) in [5.41, 5.74) is 0. The summed E-state index contributed by atoms with van der Waals surface area (Å²) in [6, 6.07) is 14.9. The maximum absolute atomic E-state index is 13.7. The van der Waals surface area contributed by atoms with Crippen LogP contribution in [0.3, 0.4) is 0 Å². The monoisotopic (exact) mass is 407 g/mol. The first kappa shape index (κ1) is 21.7. The molecular weight excluding hydrogens is 381 g/mol. The molecule has 0 saturated heterocycles. The number of nitrogens with one attached hydrogen (secondary N) is 1. The van der Waals surface area contributed by atoms with Gasteiger partial charge in [0, 0.05) is 13.6 Å². The highest BCUT2D eigenvalue weighted by Gasteiger charge is 2.18. The Hall–Kier alpha value is -2.61. The zero-order chi connectivity index (χ0) is 20.4. The number of rotatable bonds is 9. The van der Waals surface area contributed by atoms with E-state index in [-0.39, 0.29) is 17.2 Å². The molecule has 0 unspecified atom stereocenters. The summed E-state index contributed by atoms with van der Waals surface area (Å²) in [5.74, 6) is 0.349. The van der Waals surface area contributed by atoms with Crippen molar-refractivity contribution < 1.29 is 17.5 Å². The van der Waals surface area contributed by atoms with Gasteiger partial charge in [0.05, 0.1) is 18.8 Å². The minimum Gasteiger partial charge on any atom is -0.492 e. The van der Waals surface area contributed by atoms with Crippen LogP contribution in [0, 0.1) is 5.82 Å². The van der Waals surface area contributed by atoms with Gasteiger partial charge in [-0.25, -0.2) is 12.8 Å². The molecule has 0 radical (unpaired) electrons. The number of aliphatic imine (C=N–C) groups is 1. The van der Waals surface area contributed by atoms with Gasteiger partial charge in [0.1, 0.15) is 23.1 Å². The van der Waals surface area contributed by atoms with Gasteiger partial charge in [0.2, 0.25) is 0 Å². The number of nitrogens with zero attached hydrogens (tertiary/aromatic N) is 2. The number of benzene rings is 2. The molecule has 0 amide bonds. The molecule has 0 aliphatic heterocycles. The highest BCUT2D eigenvalue weighted by molar-refractivity contribution is 7.91. The van der Waals surface area contributed by atoms with E-state index in [4.69, 9.17) is 4.74 Å². The first-order valence-corrected chi connectivity index (χ1v) is 10.7. The maximum Gasteiger partial charge on any atom is 0.193 e. The minimum absolute atomic E-state index is 0.0306. The average Bonchev–Trinajstić information content (AvgIpc) is 2.68. The van der Waals surface area contributed by atoms with E-state index in [2.05, 4.69) is 10.3 Å². The van der Waals surface area contributed by atoms with Crippen LogP contribution in [0.15, 0.2) is 64.5 Å². The minimum atomic E-state index is -3.73. The Morgan fingerprint density at radius 1 is 1.14 bits per heavy atom. The van der Waals surface area contributed by atoms with Crippen LogP contribution < -0.4 is 10.1 Å². The third-order valence-corrected chi connectivity index (χ3v) is 5.65. The van der Waals surface area contributed by atoms with E-state index in [1.54, 1.807) is 0 Å². The molecule has 0 atom stereocenters. The van der Waals surface area contributed by atoms with Crippen LogP contribution in [0.5, 0.6) is 5.75 Å². The van der Waals surface area contributed by atoms with Crippen LogP contribution in [-0.2, 0) is 9.84 Å². The molecule has 0 bridgehead atoms. The molecule has 6 nitrogen and oxygen atoms in total. The number of hydrogen-bond donors (Lipinski definition) is 1. The zero-order valence-corrected chi connectivity index (χ0v) is 17.0. The van der Waals surface area contributed by atoms with Crippen LogP contribution in [0.25, 0.3) is 0 Å². The lowest BCUT2D eigenvalue weighted by Gasteiger charge is -2.22. The largest absolute Gasteiger partial charge is 0.492 e. The fourth-order valence-electron chi connectivity index (χ4n) is 2.47. The summed E-state index contributed by atoms with van der Waals surface area (Å²) >= 11 is 0. The van der Waals surface area contributed by atoms with Crippen LogP contribution >= 0.6 is 0 Å². The van der Waals surface area contributed by atoms with Crippen LogP contribution in [0.4, 0.5) is 4.39 Å². The summed E-state index contributed by atoms with van der Waals surface area (Å²) in [6.45, 7) is 3.63. The highest BCUT2D eigenvalue weighted by Crippen LogP contribution is 2.15. The number of para-hydroxylation sites is 1. The molecule has 8 heteroatoms. The third kappa shape index (κ3) is 6.53. The fraction of sp³-hybridized carbons (Fsp3) is 0.350. The van der Waals surface area contributed by atoms with Crippen molar-refractivity contribution >= 4 is 15.8 Å². The Balaban J connectivity index is 1.92. The second-order valence-electron chi connectivity index (χ2n) is 6.07. The third-order valence-electron chi connectivity index (χ3n) is 3.93. The van der Waals surface area contributed by atoms with E-state index in [0.29, 0.717) is 25.7 Å². The molecular formula is C20H26FN3O3S. The predicted molar refractivity (Wildman–Crippen MR) is 109 cm³/mol. The molecule has 2 aromatic rings. The van der Waals surface area contributed by atoms with E-state index in [1.807, 2.05) is 49.2 Å². The van der Waals surface area contributed by atoms with Gasteiger partial charge < -0.3 is 15.0 Å². The van der Waals surface area contributed by atoms with Gasteiger partial charge in [0.25, 0.3) is 0 Å². The summed E-state index contributed by atoms with van der Waals surface area (Å²) in [6.07, 6.45) is 0. The number of ether oxygens (including phenoxy) is 1. The van der Waals surface area contributed by atoms with Crippen LogP contribution in [-0.4, -0.2) is 58.3 Å². The Kier molecular flexibility index (Phi) is 8.25. The summed E-state index contributed by atoms with van der Waals surface area (Å²) < 4.78 is 44.1. The molecule has 2 aromatic carbocycles. The molecule has 0 spiro atoms. The van der Waals surface area contributed by atoms with Gasteiger partial charge >= 0.3 is 0 Å². The lowest BCUT2D eigenvalue weighted by atomic mass is 10.3. The Morgan fingerprint density at radius 2 is 1.82 bits per heavy atom.